The van der Waals surface area contributed by atoms with Crippen molar-refractivity contribution >= 4 is 29.3 Å². The molecule has 0 unspecified atom stereocenters. The molecule has 254 valence electrons. The molecular weight excluding hydrogens is 624 g/mol. The van der Waals surface area contributed by atoms with E-state index in [9.17, 15) is 19.2 Å². The molecule has 1 aliphatic heterocycles. The number of nitrogens with two attached hydrogens (primary N) is 1. The largest absolute Gasteiger partial charge is 0.353 e. The maximum atomic E-state index is 13.7. The zero-order valence-corrected chi connectivity index (χ0v) is 27.3. The molecule has 1 saturated carbocycles. The van der Waals surface area contributed by atoms with Crippen LogP contribution in [-0.4, -0.2) is 86.4 Å². The second kappa shape index (κ2) is 15.2. The molecule has 0 spiro atoms. The maximum absolute atomic E-state index is 13.7. The monoisotopic (exact) mass is 664 g/mol. The molecule has 6 rings (SSSR count). The molecule has 4 amide bonds. The molecule has 49 heavy (non-hydrogen) atoms. The number of carbonyl (C=O) groups is 4. The lowest BCUT2D eigenvalue weighted by atomic mass is 9.81. The van der Waals surface area contributed by atoms with Gasteiger partial charge in [0.05, 0.1) is 6.54 Å². The predicted octanol–water partition coefficient (Wildman–Crippen LogP) is 2.24. The number of aromatic amines is 1. The zero-order valence-electron chi connectivity index (χ0n) is 27.3. The highest BCUT2D eigenvalue weighted by Crippen LogP contribution is 2.29. The van der Waals surface area contributed by atoms with Gasteiger partial charge in [0.2, 0.25) is 23.5 Å². The lowest BCUT2D eigenvalue weighted by molar-refractivity contribution is -0.130. The summed E-state index contributed by atoms with van der Waals surface area (Å²) in [5.41, 5.74) is 10.9. The number of hydrogen-bond acceptors (Lipinski definition) is 9. The number of carbonyl (C=O) groups excluding carboxylic acids is 4. The Morgan fingerprint density at radius 2 is 1.76 bits per heavy atom. The van der Waals surface area contributed by atoms with Gasteiger partial charge in [0.15, 0.2) is 0 Å². The summed E-state index contributed by atoms with van der Waals surface area (Å²) in [5.74, 6) is -0.191. The van der Waals surface area contributed by atoms with E-state index in [0.29, 0.717) is 37.1 Å². The number of aryl methyl sites for hydroxylation is 1. The van der Waals surface area contributed by atoms with Gasteiger partial charge in [0, 0.05) is 48.4 Å². The lowest BCUT2D eigenvalue weighted by Crippen LogP contribution is -2.50. The van der Waals surface area contributed by atoms with Gasteiger partial charge in [-0.3, -0.25) is 24.2 Å². The molecule has 1 saturated heterocycles. The van der Waals surface area contributed by atoms with Gasteiger partial charge < -0.3 is 26.6 Å². The van der Waals surface area contributed by atoms with Gasteiger partial charge in [-0.15, -0.1) is 10.2 Å². The van der Waals surface area contributed by atoms with Gasteiger partial charge in [-0.2, -0.15) is 5.21 Å². The van der Waals surface area contributed by atoms with Gasteiger partial charge in [0.25, 0.3) is 5.91 Å². The van der Waals surface area contributed by atoms with E-state index in [1.807, 2.05) is 31.2 Å². The molecule has 0 radical (unpaired) electrons. The first-order chi connectivity index (χ1) is 23.8. The first-order valence-electron chi connectivity index (χ1n) is 16.5. The summed E-state index contributed by atoms with van der Waals surface area (Å²) in [6.45, 7) is 3.42. The smallest absolute Gasteiger partial charge is 0.272 e. The fourth-order valence-corrected chi connectivity index (χ4v) is 6.38. The number of hydrogen-bond donors (Lipinski definition) is 5. The normalized spacial score (nSPS) is 18.3. The average Bonchev–Trinajstić information content (AvgIpc) is 3.67. The third-order valence-electron chi connectivity index (χ3n) is 9.30. The Balaban J connectivity index is 1.15. The first-order valence-corrected chi connectivity index (χ1v) is 16.5. The number of nitrogens with one attached hydrogen (secondary N) is 4. The van der Waals surface area contributed by atoms with Crippen LogP contribution in [0.5, 0.6) is 0 Å². The van der Waals surface area contributed by atoms with Crippen molar-refractivity contribution in [2.45, 2.75) is 45.1 Å². The highest BCUT2D eigenvalue weighted by Gasteiger charge is 2.30. The summed E-state index contributed by atoms with van der Waals surface area (Å²) in [4.78, 5) is 57.6. The summed E-state index contributed by atoms with van der Waals surface area (Å²) >= 11 is 0. The molecule has 2 aromatic heterocycles. The van der Waals surface area contributed by atoms with Crippen LogP contribution in [0.1, 0.15) is 47.3 Å². The van der Waals surface area contributed by atoms with E-state index < -0.39 is 6.04 Å². The Morgan fingerprint density at radius 1 is 1.02 bits per heavy atom. The van der Waals surface area contributed by atoms with Crippen LogP contribution in [0.2, 0.25) is 0 Å². The Labute approximate surface area is 283 Å². The SMILES string of the molecule is Cc1cc(C(=O)N2CCNC(=O)C2)ncc1-c1ccc(C[C@H](NC(=O)C2CCC(CN)CC2)C(=O)Nc2ccc(-c3nn[nH]n3)cc2)cc1. The van der Waals surface area contributed by atoms with Crippen molar-refractivity contribution in [3.05, 3.63) is 77.6 Å². The van der Waals surface area contributed by atoms with Crippen molar-refractivity contribution in [2.75, 3.05) is 31.5 Å². The highest BCUT2D eigenvalue weighted by atomic mass is 16.2. The summed E-state index contributed by atoms with van der Waals surface area (Å²) in [6, 6.07) is 15.7. The van der Waals surface area contributed by atoms with Gasteiger partial charge in [-0.05, 0) is 97.3 Å². The number of benzene rings is 2. The minimum Gasteiger partial charge on any atom is -0.353 e. The highest BCUT2D eigenvalue weighted by molar-refractivity contribution is 5.98. The van der Waals surface area contributed by atoms with E-state index in [1.165, 1.54) is 4.90 Å². The fourth-order valence-electron chi connectivity index (χ4n) is 6.38. The molecule has 2 fully saturated rings. The van der Waals surface area contributed by atoms with E-state index >= 15 is 0 Å². The van der Waals surface area contributed by atoms with E-state index in [4.69, 9.17) is 5.73 Å². The average molecular weight is 665 g/mol. The number of rotatable bonds is 10. The fraction of sp³-hybridized carbons (Fsp3) is 0.371. The Kier molecular flexibility index (Phi) is 10.3. The molecule has 2 aromatic carbocycles. The molecule has 14 nitrogen and oxygen atoms in total. The van der Waals surface area contributed by atoms with Crippen LogP contribution in [0, 0.1) is 18.8 Å². The lowest BCUT2D eigenvalue weighted by Gasteiger charge is -2.28. The third-order valence-corrected chi connectivity index (χ3v) is 9.30. The molecule has 14 heteroatoms. The summed E-state index contributed by atoms with van der Waals surface area (Å²) in [6.07, 6.45) is 5.25. The zero-order chi connectivity index (χ0) is 34.3. The summed E-state index contributed by atoms with van der Waals surface area (Å²) in [7, 11) is 0. The van der Waals surface area contributed by atoms with Crippen molar-refractivity contribution < 1.29 is 19.2 Å². The van der Waals surface area contributed by atoms with E-state index in [2.05, 4.69) is 41.6 Å². The Morgan fingerprint density at radius 3 is 2.41 bits per heavy atom. The Hall–Kier alpha value is -5.50. The number of piperazine rings is 1. The number of H-pyrrole nitrogens is 1. The van der Waals surface area contributed by atoms with Crippen LogP contribution in [0.3, 0.4) is 0 Å². The molecule has 2 aliphatic rings. The topological polar surface area (TPSA) is 201 Å². The second-order valence-electron chi connectivity index (χ2n) is 12.7. The van der Waals surface area contributed by atoms with Crippen molar-refractivity contribution in [2.24, 2.45) is 17.6 Å². The van der Waals surface area contributed by atoms with E-state index in [1.54, 1.807) is 36.5 Å². The second-order valence-corrected chi connectivity index (χ2v) is 12.7. The standard InChI is InChI=1S/C35H40N10O4/c1-21-16-30(35(49)45-15-14-37-31(46)20-45)38-19-28(21)24-6-2-22(3-7-24)17-29(40-33(47)26-8-4-23(18-36)5-9-26)34(48)39-27-12-10-25(11-13-27)32-41-43-44-42-32/h2-3,6-7,10-13,16,19,23,26,29H,4-5,8-9,14-15,17-18,20,36H2,1H3,(H,37,46)(H,39,48)(H,40,47)(H,41,42,43,44)/t23?,26?,29-/m0/s1. The number of aromatic nitrogens is 5. The molecule has 6 N–H and O–H groups in total. The first kappa shape index (κ1) is 33.4. The van der Waals surface area contributed by atoms with Crippen LogP contribution < -0.4 is 21.7 Å². The number of tetrazole rings is 1. The number of amides is 4. The quantitative estimate of drug-likeness (QED) is 0.169. The van der Waals surface area contributed by atoms with Gasteiger partial charge in [-0.1, -0.05) is 24.3 Å². The van der Waals surface area contributed by atoms with Gasteiger partial charge >= 0.3 is 0 Å². The maximum Gasteiger partial charge on any atom is 0.272 e. The molecule has 0 bridgehead atoms. The number of pyridine rings is 1. The van der Waals surface area contributed by atoms with Crippen LogP contribution in [0.15, 0.2) is 60.8 Å². The third kappa shape index (κ3) is 8.15. The van der Waals surface area contributed by atoms with Crippen LogP contribution in [0.25, 0.3) is 22.5 Å². The molecular formula is C35H40N10O4. The molecule has 4 aromatic rings. The van der Waals surface area contributed by atoms with Gasteiger partial charge in [-0.25, -0.2) is 0 Å². The predicted molar refractivity (Wildman–Crippen MR) is 182 cm³/mol. The molecule has 1 atom stereocenters. The van der Waals surface area contributed by atoms with Crippen molar-refractivity contribution in [3.8, 4) is 22.5 Å². The summed E-state index contributed by atoms with van der Waals surface area (Å²) < 4.78 is 0. The number of anilines is 1. The van der Waals surface area contributed by atoms with Crippen molar-refractivity contribution in [1.29, 1.82) is 0 Å². The van der Waals surface area contributed by atoms with Crippen LogP contribution in [0.4, 0.5) is 5.69 Å². The van der Waals surface area contributed by atoms with E-state index in [-0.39, 0.29) is 48.2 Å². The van der Waals surface area contributed by atoms with Crippen LogP contribution in [-0.2, 0) is 20.8 Å². The number of nitrogens with zero attached hydrogens (tertiary/aromatic N) is 5. The minimum absolute atomic E-state index is 0.0193. The van der Waals surface area contributed by atoms with Gasteiger partial charge in [0.1, 0.15) is 11.7 Å². The van der Waals surface area contributed by atoms with Crippen molar-refractivity contribution in [1.82, 2.24) is 41.1 Å². The van der Waals surface area contributed by atoms with Crippen LogP contribution >= 0.6 is 0 Å². The summed E-state index contributed by atoms with van der Waals surface area (Å²) in [5, 5.41) is 22.7. The van der Waals surface area contributed by atoms with E-state index in [0.717, 1.165) is 53.5 Å². The Bertz CT molecular complexity index is 1790. The minimum atomic E-state index is -0.812. The van der Waals surface area contributed by atoms with Crippen molar-refractivity contribution in [3.63, 3.8) is 0 Å². The molecule has 3 heterocycles. The molecule has 1 aliphatic carbocycles.